The van der Waals surface area contributed by atoms with Gasteiger partial charge in [-0.1, -0.05) is 33.6 Å². The van der Waals surface area contributed by atoms with E-state index in [1.54, 1.807) is 6.26 Å². The van der Waals surface area contributed by atoms with Crippen LogP contribution in [-0.2, 0) is 6.42 Å². The summed E-state index contributed by atoms with van der Waals surface area (Å²) in [6.45, 7) is 8.00. The van der Waals surface area contributed by atoms with E-state index < -0.39 is 0 Å². The summed E-state index contributed by atoms with van der Waals surface area (Å²) < 4.78 is 5.41. The molecule has 0 saturated heterocycles. The first-order valence-electron chi connectivity index (χ1n) is 7.52. The van der Waals surface area contributed by atoms with Crippen LogP contribution in [0.1, 0.15) is 58.6 Å². The summed E-state index contributed by atoms with van der Waals surface area (Å²) in [5, 5.41) is 3.68. The van der Waals surface area contributed by atoms with Crippen LogP contribution in [0.15, 0.2) is 22.8 Å². The maximum atomic E-state index is 5.41. The average Bonchev–Trinajstić information content (AvgIpc) is 2.86. The van der Waals surface area contributed by atoms with Gasteiger partial charge in [-0.2, -0.15) is 0 Å². The van der Waals surface area contributed by atoms with Gasteiger partial charge in [0, 0.05) is 12.5 Å². The van der Waals surface area contributed by atoms with Crippen molar-refractivity contribution in [1.82, 2.24) is 5.32 Å². The molecule has 0 radical (unpaired) electrons. The van der Waals surface area contributed by atoms with Gasteiger partial charge in [-0.15, -0.1) is 0 Å². The molecule has 2 unspecified atom stereocenters. The van der Waals surface area contributed by atoms with Gasteiger partial charge in [-0.3, -0.25) is 0 Å². The van der Waals surface area contributed by atoms with Crippen molar-refractivity contribution in [2.24, 2.45) is 5.92 Å². The third kappa shape index (κ3) is 6.25. The van der Waals surface area contributed by atoms with Crippen LogP contribution < -0.4 is 5.32 Å². The lowest BCUT2D eigenvalue weighted by molar-refractivity contribution is 0.359. The lowest BCUT2D eigenvalue weighted by Gasteiger charge is -2.21. The van der Waals surface area contributed by atoms with Gasteiger partial charge in [0.05, 0.1) is 6.26 Å². The number of furan rings is 1. The van der Waals surface area contributed by atoms with Crippen LogP contribution in [0.5, 0.6) is 0 Å². The molecule has 18 heavy (non-hydrogen) atoms. The molecule has 104 valence electrons. The van der Waals surface area contributed by atoms with Crippen molar-refractivity contribution in [1.29, 1.82) is 0 Å². The number of hydrogen-bond acceptors (Lipinski definition) is 2. The first-order chi connectivity index (χ1) is 8.76. The second-order valence-electron chi connectivity index (χ2n) is 5.40. The zero-order valence-corrected chi connectivity index (χ0v) is 12.2. The second-order valence-corrected chi connectivity index (χ2v) is 5.40. The van der Waals surface area contributed by atoms with Gasteiger partial charge in [0.2, 0.25) is 0 Å². The molecule has 0 spiro atoms. The van der Waals surface area contributed by atoms with Crippen LogP contribution in [0.3, 0.4) is 0 Å². The molecule has 0 aromatic carbocycles. The van der Waals surface area contributed by atoms with Crippen molar-refractivity contribution in [2.45, 2.75) is 65.3 Å². The summed E-state index contributed by atoms with van der Waals surface area (Å²) in [7, 11) is 0. The molecule has 0 saturated carbocycles. The van der Waals surface area contributed by atoms with Crippen molar-refractivity contribution < 1.29 is 4.42 Å². The zero-order valence-electron chi connectivity index (χ0n) is 12.2. The number of aryl methyl sites for hydroxylation is 1. The fourth-order valence-electron chi connectivity index (χ4n) is 2.52. The smallest absolute Gasteiger partial charge is 0.103 e. The highest BCUT2D eigenvalue weighted by atomic mass is 16.3. The lowest BCUT2D eigenvalue weighted by atomic mass is 9.94. The second kappa shape index (κ2) is 9.21. The van der Waals surface area contributed by atoms with Crippen molar-refractivity contribution in [3.05, 3.63) is 24.2 Å². The molecule has 0 amide bonds. The molecule has 0 aliphatic carbocycles. The van der Waals surface area contributed by atoms with Crippen LogP contribution in [0, 0.1) is 5.92 Å². The first kappa shape index (κ1) is 15.3. The molecular formula is C16H29NO. The quantitative estimate of drug-likeness (QED) is 0.666. The van der Waals surface area contributed by atoms with Crippen LogP contribution in [0.4, 0.5) is 0 Å². The van der Waals surface area contributed by atoms with Crippen LogP contribution in [-0.4, -0.2) is 12.6 Å². The molecule has 1 aromatic heterocycles. The largest absolute Gasteiger partial charge is 0.469 e. The van der Waals surface area contributed by atoms with Gasteiger partial charge in [0.25, 0.3) is 0 Å². The average molecular weight is 251 g/mol. The summed E-state index contributed by atoms with van der Waals surface area (Å²) >= 11 is 0. The minimum atomic E-state index is 0.636. The summed E-state index contributed by atoms with van der Waals surface area (Å²) in [5.74, 6) is 1.93. The van der Waals surface area contributed by atoms with E-state index in [2.05, 4.69) is 32.2 Å². The first-order valence-corrected chi connectivity index (χ1v) is 7.52. The highest BCUT2D eigenvalue weighted by Crippen LogP contribution is 2.16. The van der Waals surface area contributed by atoms with Gasteiger partial charge in [0.1, 0.15) is 5.76 Å². The molecule has 0 aliphatic rings. The number of hydrogen-bond donors (Lipinski definition) is 1. The molecule has 1 rings (SSSR count). The van der Waals surface area contributed by atoms with Crippen molar-refractivity contribution in [2.75, 3.05) is 6.54 Å². The third-order valence-corrected chi connectivity index (χ3v) is 3.47. The molecule has 2 nitrogen and oxygen atoms in total. The molecule has 0 fully saturated rings. The summed E-state index contributed by atoms with van der Waals surface area (Å²) in [6.07, 6.45) is 9.12. The maximum Gasteiger partial charge on any atom is 0.103 e. The Morgan fingerprint density at radius 3 is 2.67 bits per heavy atom. The zero-order chi connectivity index (χ0) is 13.2. The molecule has 2 heteroatoms. The summed E-state index contributed by atoms with van der Waals surface area (Å²) in [5.41, 5.74) is 0. The van der Waals surface area contributed by atoms with Crippen molar-refractivity contribution in [3.63, 3.8) is 0 Å². The van der Waals surface area contributed by atoms with E-state index in [9.17, 15) is 0 Å². The Morgan fingerprint density at radius 2 is 2.06 bits per heavy atom. The Kier molecular flexibility index (Phi) is 7.83. The van der Waals surface area contributed by atoms with E-state index >= 15 is 0 Å². The normalized spacial score (nSPS) is 14.6. The molecular weight excluding hydrogens is 222 g/mol. The SMILES string of the molecule is CCCNC(CCc1ccco1)CC(C)CCC. The van der Waals surface area contributed by atoms with Crippen LogP contribution in [0.25, 0.3) is 0 Å². The van der Waals surface area contributed by atoms with Gasteiger partial charge in [0.15, 0.2) is 0 Å². The van der Waals surface area contributed by atoms with E-state index in [4.69, 9.17) is 4.42 Å². The van der Waals surface area contributed by atoms with Gasteiger partial charge in [-0.25, -0.2) is 0 Å². The molecule has 1 N–H and O–H groups in total. The molecule has 2 atom stereocenters. The lowest BCUT2D eigenvalue weighted by Crippen LogP contribution is -2.32. The highest BCUT2D eigenvalue weighted by molar-refractivity contribution is 4.98. The van der Waals surface area contributed by atoms with Gasteiger partial charge >= 0.3 is 0 Å². The fourth-order valence-corrected chi connectivity index (χ4v) is 2.52. The molecule has 0 aliphatic heterocycles. The topological polar surface area (TPSA) is 25.2 Å². The third-order valence-electron chi connectivity index (χ3n) is 3.47. The highest BCUT2D eigenvalue weighted by Gasteiger charge is 2.12. The Hall–Kier alpha value is -0.760. The van der Waals surface area contributed by atoms with Crippen LogP contribution in [0.2, 0.25) is 0 Å². The maximum absolute atomic E-state index is 5.41. The Bertz CT molecular complexity index is 281. The van der Waals surface area contributed by atoms with Crippen molar-refractivity contribution >= 4 is 0 Å². The van der Waals surface area contributed by atoms with Gasteiger partial charge < -0.3 is 9.73 Å². The van der Waals surface area contributed by atoms with E-state index in [0.717, 1.165) is 24.6 Å². The van der Waals surface area contributed by atoms with Gasteiger partial charge in [-0.05, 0) is 43.9 Å². The summed E-state index contributed by atoms with van der Waals surface area (Å²) in [6, 6.07) is 4.69. The molecule has 0 bridgehead atoms. The standard InChI is InChI=1S/C16H29NO/c1-4-7-14(3)13-15(17-11-5-2)9-10-16-8-6-12-18-16/h6,8,12,14-15,17H,4-5,7,9-11,13H2,1-3H3. The van der Waals surface area contributed by atoms with E-state index in [-0.39, 0.29) is 0 Å². The Labute approximate surface area is 112 Å². The Balaban J connectivity index is 2.34. The number of rotatable bonds is 10. The fraction of sp³-hybridized carbons (Fsp3) is 0.750. The van der Waals surface area contributed by atoms with Crippen molar-refractivity contribution in [3.8, 4) is 0 Å². The van der Waals surface area contributed by atoms with Crippen LogP contribution >= 0.6 is 0 Å². The molecule has 1 aromatic rings. The number of nitrogens with one attached hydrogen (secondary N) is 1. The van der Waals surface area contributed by atoms with E-state index in [0.29, 0.717) is 6.04 Å². The minimum Gasteiger partial charge on any atom is -0.469 e. The summed E-state index contributed by atoms with van der Waals surface area (Å²) in [4.78, 5) is 0. The Morgan fingerprint density at radius 1 is 1.22 bits per heavy atom. The monoisotopic (exact) mass is 251 g/mol. The van der Waals surface area contributed by atoms with E-state index in [1.807, 2.05) is 6.07 Å². The predicted molar refractivity (Wildman–Crippen MR) is 77.8 cm³/mol. The molecule has 1 heterocycles. The van der Waals surface area contributed by atoms with E-state index in [1.165, 1.54) is 32.1 Å². The predicted octanol–water partition coefficient (Wildman–Crippen LogP) is 4.41. The minimum absolute atomic E-state index is 0.636.